The van der Waals surface area contributed by atoms with Gasteiger partial charge in [0.2, 0.25) is 0 Å². The summed E-state index contributed by atoms with van der Waals surface area (Å²) in [7, 11) is 0. The van der Waals surface area contributed by atoms with Crippen LogP contribution < -0.4 is 5.32 Å². The molecule has 0 unspecified atom stereocenters. The summed E-state index contributed by atoms with van der Waals surface area (Å²) in [6.45, 7) is 2.76. The first kappa shape index (κ1) is 14.3. The number of furan rings is 1. The van der Waals surface area contributed by atoms with Crippen LogP contribution in [0, 0.1) is 5.92 Å². The zero-order valence-corrected chi connectivity index (χ0v) is 13.2. The summed E-state index contributed by atoms with van der Waals surface area (Å²) in [5.74, 6) is 3.80. The minimum absolute atomic E-state index is 0.107. The van der Waals surface area contributed by atoms with E-state index in [1.54, 1.807) is 12.3 Å². The molecule has 2 aromatic rings. The second-order valence-electron chi connectivity index (χ2n) is 6.63. The van der Waals surface area contributed by atoms with Gasteiger partial charge in [-0.15, -0.1) is 0 Å². The monoisotopic (exact) mass is 311 g/mol. The Morgan fingerprint density at radius 1 is 1.35 bits per heavy atom. The van der Waals surface area contributed by atoms with Gasteiger partial charge in [0.1, 0.15) is 17.3 Å². The molecule has 0 radical (unpaired) electrons. The van der Waals surface area contributed by atoms with Crippen LogP contribution in [0.2, 0.25) is 0 Å². The molecule has 4 rings (SSSR count). The Morgan fingerprint density at radius 3 is 2.83 bits per heavy atom. The van der Waals surface area contributed by atoms with Crippen molar-refractivity contribution in [1.82, 2.24) is 9.88 Å². The molecule has 0 aromatic carbocycles. The summed E-state index contributed by atoms with van der Waals surface area (Å²) in [4.78, 5) is 18.5. The minimum atomic E-state index is -0.107. The zero-order valence-electron chi connectivity index (χ0n) is 13.2. The van der Waals surface area contributed by atoms with E-state index in [1.165, 1.54) is 6.42 Å². The first-order valence-electron chi connectivity index (χ1n) is 8.28. The van der Waals surface area contributed by atoms with Crippen molar-refractivity contribution < 1.29 is 9.21 Å². The van der Waals surface area contributed by atoms with E-state index in [-0.39, 0.29) is 6.03 Å². The zero-order chi connectivity index (χ0) is 15.8. The van der Waals surface area contributed by atoms with Crippen molar-refractivity contribution in [3.63, 3.8) is 0 Å². The highest BCUT2D eigenvalue weighted by Gasteiger charge is 2.37. The Kier molecular flexibility index (Phi) is 3.56. The van der Waals surface area contributed by atoms with Gasteiger partial charge in [0, 0.05) is 18.2 Å². The number of anilines is 1. The summed E-state index contributed by atoms with van der Waals surface area (Å²) in [5.41, 5.74) is 0. The average Bonchev–Trinajstić information content (AvgIpc) is 3.47. The summed E-state index contributed by atoms with van der Waals surface area (Å²) in [6, 6.07) is 9.76. The molecule has 5 heteroatoms. The first-order chi connectivity index (χ1) is 11.2. The average molecular weight is 311 g/mol. The van der Waals surface area contributed by atoms with Gasteiger partial charge in [-0.3, -0.25) is 5.32 Å². The molecule has 2 aliphatic rings. The lowest BCUT2D eigenvalue weighted by Gasteiger charge is -2.21. The van der Waals surface area contributed by atoms with Crippen LogP contribution in [0.5, 0.6) is 0 Å². The van der Waals surface area contributed by atoms with Crippen molar-refractivity contribution in [3.8, 4) is 0 Å². The number of pyridine rings is 1. The molecule has 0 bridgehead atoms. The van der Waals surface area contributed by atoms with Crippen LogP contribution in [0.1, 0.15) is 43.6 Å². The molecule has 2 fully saturated rings. The molecule has 23 heavy (non-hydrogen) atoms. The predicted octanol–water partition coefficient (Wildman–Crippen LogP) is 3.99. The van der Waals surface area contributed by atoms with E-state index in [0.717, 1.165) is 30.3 Å². The van der Waals surface area contributed by atoms with Crippen LogP contribution in [-0.2, 0) is 6.54 Å². The lowest BCUT2D eigenvalue weighted by Crippen LogP contribution is -2.36. The van der Waals surface area contributed by atoms with Crippen molar-refractivity contribution in [1.29, 1.82) is 0 Å². The summed E-state index contributed by atoms with van der Waals surface area (Å²) >= 11 is 0. The molecular formula is C18H21N3O2. The number of hydrogen-bond donors (Lipinski definition) is 1. The number of rotatable bonds is 5. The quantitative estimate of drug-likeness (QED) is 0.908. The highest BCUT2D eigenvalue weighted by atomic mass is 16.3. The van der Waals surface area contributed by atoms with E-state index in [0.29, 0.717) is 24.3 Å². The van der Waals surface area contributed by atoms with Gasteiger partial charge < -0.3 is 9.32 Å². The van der Waals surface area contributed by atoms with Crippen LogP contribution in [0.4, 0.5) is 10.6 Å². The molecule has 2 atom stereocenters. The summed E-state index contributed by atoms with van der Waals surface area (Å²) < 4.78 is 5.95. The van der Waals surface area contributed by atoms with Crippen LogP contribution >= 0.6 is 0 Å². The highest BCUT2D eigenvalue weighted by molar-refractivity contribution is 5.88. The van der Waals surface area contributed by atoms with Gasteiger partial charge in [0.15, 0.2) is 0 Å². The molecule has 2 aliphatic carbocycles. The SMILES string of the molecule is C[C@@H]1C[C@H]1c1ccc(CN(C(=O)Nc2ccccn2)C2CC2)o1. The number of amides is 2. The Morgan fingerprint density at radius 2 is 2.17 bits per heavy atom. The number of hydrogen-bond acceptors (Lipinski definition) is 3. The fourth-order valence-electron chi connectivity index (χ4n) is 2.94. The van der Waals surface area contributed by atoms with Gasteiger partial charge >= 0.3 is 6.03 Å². The smallest absolute Gasteiger partial charge is 0.323 e. The molecule has 1 N–H and O–H groups in total. The van der Waals surface area contributed by atoms with Gasteiger partial charge in [-0.2, -0.15) is 0 Å². The number of nitrogens with zero attached hydrogens (tertiary/aromatic N) is 2. The largest absolute Gasteiger partial charge is 0.464 e. The number of carbonyl (C=O) groups excluding carboxylic acids is 1. The first-order valence-corrected chi connectivity index (χ1v) is 8.28. The van der Waals surface area contributed by atoms with E-state index in [1.807, 2.05) is 23.1 Å². The third-order valence-corrected chi connectivity index (χ3v) is 4.63. The Hall–Kier alpha value is -2.30. The standard InChI is InChI=1S/C18H21N3O2/c1-12-10-15(12)16-8-7-14(23-16)11-21(13-5-6-13)18(22)20-17-4-2-3-9-19-17/h2-4,7-9,12-13,15H,5-6,10-11H2,1H3,(H,19,20,22)/t12-,15-/m1/s1. The maximum Gasteiger partial charge on any atom is 0.323 e. The van der Waals surface area contributed by atoms with E-state index in [2.05, 4.69) is 23.3 Å². The fourth-order valence-corrected chi connectivity index (χ4v) is 2.94. The third kappa shape index (κ3) is 3.23. The fraction of sp³-hybridized carbons (Fsp3) is 0.444. The lowest BCUT2D eigenvalue weighted by molar-refractivity contribution is 0.200. The molecular weight excluding hydrogens is 290 g/mol. The number of nitrogens with one attached hydrogen (secondary N) is 1. The second kappa shape index (κ2) is 5.72. The van der Waals surface area contributed by atoms with E-state index in [9.17, 15) is 4.79 Å². The number of urea groups is 1. The molecule has 5 nitrogen and oxygen atoms in total. The molecule has 120 valence electrons. The van der Waals surface area contributed by atoms with Crippen molar-refractivity contribution in [2.45, 2.75) is 44.7 Å². The van der Waals surface area contributed by atoms with E-state index >= 15 is 0 Å². The van der Waals surface area contributed by atoms with Crippen molar-refractivity contribution in [2.75, 3.05) is 5.32 Å². The number of aromatic nitrogens is 1. The predicted molar refractivity (Wildman–Crippen MR) is 87.1 cm³/mol. The van der Waals surface area contributed by atoms with E-state index < -0.39 is 0 Å². The van der Waals surface area contributed by atoms with Crippen LogP contribution in [0.25, 0.3) is 0 Å². The van der Waals surface area contributed by atoms with Crippen molar-refractivity contribution in [3.05, 3.63) is 48.0 Å². The van der Waals surface area contributed by atoms with Crippen LogP contribution in [0.15, 0.2) is 40.9 Å². The second-order valence-corrected chi connectivity index (χ2v) is 6.63. The normalized spacial score (nSPS) is 22.7. The maximum atomic E-state index is 12.5. The van der Waals surface area contributed by atoms with Crippen LogP contribution in [0.3, 0.4) is 0 Å². The van der Waals surface area contributed by atoms with Crippen LogP contribution in [-0.4, -0.2) is 22.0 Å². The van der Waals surface area contributed by atoms with Gasteiger partial charge in [0.05, 0.1) is 6.54 Å². The molecule has 2 amide bonds. The van der Waals surface area contributed by atoms with E-state index in [4.69, 9.17) is 4.42 Å². The van der Waals surface area contributed by atoms with Gasteiger partial charge in [-0.05, 0) is 49.4 Å². The van der Waals surface area contributed by atoms with Crippen molar-refractivity contribution in [2.24, 2.45) is 5.92 Å². The summed E-state index contributed by atoms with van der Waals surface area (Å²) in [5, 5.41) is 2.87. The topological polar surface area (TPSA) is 58.4 Å². The molecule has 0 aliphatic heterocycles. The minimum Gasteiger partial charge on any atom is -0.464 e. The van der Waals surface area contributed by atoms with Gasteiger partial charge in [-0.1, -0.05) is 13.0 Å². The van der Waals surface area contributed by atoms with Crippen molar-refractivity contribution >= 4 is 11.8 Å². The highest BCUT2D eigenvalue weighted by Crippen LogP contribution is 2.47. The van der Waals surface area contributed by atoms with Gasteiger partial charge in [0.25, 0.3) is 0 Å². The Bertz CT molecular complexity index is 693. The molecule has 0 saturated heterocycles. The number of carbonyl (C=O) groups is 1. The van der Waals surface area contributed by atoms with Gasteiger partial charge in [-0.25, -0.2) is 9.78 Å². The third-order valence-electron chi connectivity index (χ3n) is 4.63. The Balaban J connectivity index is 1.43. The molecule has 0 spiro atoms. The molecule has 2 saturated carbocycles. The Labute approximate surface area is 135 Å². The molecule has 2 heterocycles. The maximum absolute atomic E-state index is 12.5. The lowest BCUT2D eigenvalue weighted by atomic mass is 10.3. The summed E-state index contributed by atoms with van der Waals surface area (Å²) in [6.07, 6.45) is 5.00. The molecule has 2 aromatic heterocycles.